The summed E-state index contributed by atoms with van der Waals surface area (Å²) in [5.41, 5.74) is 0.825. The zero-order valence-electron chi connectivity index (χ0n) is 13.5. The van der Waals surface area contributed by atoms with Gasteiger partial charge in [0.2, 0.25) is 5.91 Å². The Kier molecular flexibility index (Phi) is 5.36. The molecule has 1 aromatic carbocycles. The van der Waals surface area contributed by atoms with Gasteiger partial charge in [-0.2, -0.15) is 0 Å². The van der Waals surface area contributed by atoms with Crippen molar-refractivity contribution in [3.05, 3.63) is 54.2 Å². The van der Waals surface area contributed by atoms with Gasteiger partial charge in [-0.1, -0.05) is 12.1 Å². The molecule has 1 aliphatic heterocycles. The van der Waals surface area contributed by atoms with Crippen LogP contribution in [0.15, 0.2) is 42.9 Å². The van der Waals surface area contributed by atoms with Crippen molar-refractivity contribution in [3.63, 3.8) is 0 Å². The van der Waals surface area contributed by atoms with E-state index in [0.29, 0.717) is 18.9 Å². The molecule has 2 heterocycles. The maximum Gasteiger partial charge on any atom is 0.224 e. The lowest BCUT2D eigenvalue weighted by Crippen LogP contribution is -2.39. The number of hydrogen-bond acceptors (Lipinski definition) is 4. The smallest absolute Gasteiger partial charge is 0.224 e. The molecule has 6 heteroatoms. The first-order valence-electron chi connectivity index (χ1n) is 8.23. The van der Waals surface area contributed by atoms with Crippen LogP contribution in [0.25, 0.3) is 0 Å². The number of hydrogen-bond donors (Lipinski definition) is 1. The molecule has 3 rings (SSSR count). The van der Waals surface area contributed by atoms with Gasteiger partial charge < -0.3 is 10.2 Å². The Morgan fingerprint density at radius 1 is 1.21 bits per heavy atom. The van der Waals surface area contributed by atoms with Gasteiger partial charge in [0.05, 0.1) is 12.6 Å². The summed E-state index contributed by atoms with van der Waals surface area (Å²) in [6.07, 6.45) is 7.49. The Bertz CT molecular complexity index is 654. The molecular weight excluding hydrogens is 307 g/mol. The summed E-state index contributed by atoms with van der Waals surface area (Å²) in [6, 6.07) is 6.05. The largest absolute Gasteiger partial charge is 0.356 e. The third-order valence-corrected chi connectivity index (χ3v) is 4.35. The second-order valence-electron chi connectivity index (χ2n) is 6.10. The van der Waals surface area contributed by atoms with Crippen molar-refractivity contribution < 1.29 is 9.18 Å². The van der Waals surface area contributed by atoms with Crippen LogP contribution in [-0.4, -0.2) is 35.5 Å². The van der Waals surface area contributed by atoms with Crippen molar-refractivity contribution in [2.24, 2.45) is 5.92 Å². The lowest BCUT2D eigenvalue weighted by Gasteiger charge is -2.32. The average Bonchev–Trinajstić information content (AvgIpc) is 2.63. The average molecular weight is 328 g/mol. The van der Waals surface area contributed by atoms with E-state index >= 15 is 0 Å². The van der Waals surface area contributed by atoms with Gasteiger partial charge >= 0.3 is 0 Å². The Balaban J connectivity index is 1.40. The zero-order chi connectivity index (χ0) is 16.8. The highest BCUT2D eigenvalue weighted by Gasteiger charge is 2.20. The predicted molar refractivity (Wildman–Crippen MR) is 90.1 cm³/mol. The highest BCUT2D eigenvalue weighted by molar-refractivity contribution is 5.78. The molecule has 5 nitrogen and oxygen atoms in total. The van der Waals surface area contributed by atoms with Crippen molar-refractivity contribution in [2.75, 3.05) is 24.5 Å². The van der Waals surface area contributed by atoms with E-state index in [1.54, 1.807) is 30.7 Å². The molecule has 2 aromatic rings. The molecule has 0 radical (unpaired) electrons. The minimum Gasteiger partial charge on any atom is -0.356 e. The van der Waals surface area contributed by atoms with Crippen LogP contribution in [0.4, 0.5) is 10.2 Å². The number of amides is 1. The minimum atomic E-state index is -0.283. The zero-order valence-corrected chi connectivity index (χ0v) is 13.5. The van der Waals surface area contributed by atoms with Crippen molar-refractivity contribution >= 4 is 11.7 Å². The molecule has 0 aliphatic carbocycles. The summed E-state index contributed by atoms with van der Waals surface area (Å²) in [6.45, 7) is 2.54. The minimum absolute atomic E-state index is 0.0158. The van der Waals surface area contributed by atoms with Gasteiger partial charge in [-0.3, -0.25) is 9.78 Å². The molecule has 0 spiro atoms. The molecule has 1 fully saturated rings. The molecule has 1 saturated heterocycles. The molecule has 1 aromatic heterocycles. The third kappa shape index (κ3) is 4.50. The summed E-state index contributed by atoms with van der Waals surface area (Å²) < 4.78 is 12.9. The topological polar surface area (TPSA) is 58.1 Å². The molecule has 24 heavy (non-hydrogen) atoms. The SMILES string of the molecule is O=C(Cc1ccc(F)cc1)NCC1CCN(c2cnccn2)CC1. The Morgan fingerprint density at radius 3 is 2.62 bits per heavy atom. The lowest BCUT2D eigenvalue weighted by atomic mass is 9.96. The Morgan fingerprint density at radius 2 is 1.96 bits per heavy atom. The van der Waals surface area contributed by atoms with E-state index in [2.05, 4.69) is 20.2 Å². The number of halogens is 1. The lowest BCUT2D eigenvalue weighted by molar-refractivity contribution is -0.120. The molecule has 0 bridgehead atoms. The first kappa shape index (κ1) is 16.4. The number of nitrogens with one attached hydrogen (secondary N) is 1. The van der Waals surface area contributed by atoms with E-state index in [1.807, 2.05) is 0 Å². The van der Waals surface area contributed by atoms with Crippen LogP contribution in [0, 0.1) is 11.7 Å². The normalized spacial score (nSPS) is 15.3. The van der Waals surface area contributed by atoms with Crippen molar-refractivity contribution in [3.8, 4) is 0 Å². The number of carbonyl (C=O) groups excluding carboxylic acids is 1. The van der Waals surface area contributed by atoms with Crippen LogP contribution >= 0.6 is 0 Å². The molecule has 0 atom stereocenters. The number of piperidine rings is 1. The Labute approximate surface area is 140 Å². The summed E-state index contributed by atoms with van der Waals surface area (Å²) >= 11 is 0. The van der Waals surface area contributed by atoms with E-state index in [0.717, 1.165) is 37.3 Å². The number of carbonyl (C=O) groups is 1. The number of rotatable bonds is 5. The van der Waals surface area contributed by atoms with Gasteiger partial charge in [0.25, 0.3) is 0 Å². The second kappa shape index (κ2) is 7.86. The van der Waals surface area contributed by atoms with Crippen LogP contribution in [0.3, 0.4) is 0 Å². The third-order valence-electron chi connectivity index (χ3n) is 4.35. The number of aromatic nitrogens is 2. The predicted octanol–water partition coefficient (Wildman–Crippen LogP) is 2.19. The highest BCUT2D eigenvalue weighted by atomic mass is 19.1. The quantitative estimate of drug-likeness (QED) is 0.914. The number of benzene rings is 1. The van der Waals surface area contributed by atoms with E-state index < -0.39 is 0 Å². The van der Waals surface area contributed by atoms with Crippen molar-refractivity contribution in [2.45, 2.75) is 19.3 Å². The van der Waals surface area contributed by atoms with Gasteiger partial charge in [-0.25, -0.2) is 9.37 Å². The van der Waals surface area contributed by atoms with E-state index in [4.69, 9.17) is 0 Å². The summed E-state index contributed by atoms with van der Waals surface area (Å²) in [5.74, 6) is 1.10. The fourth-order valence-electron chi connectivity index (χ4n) is 2.93. The van der Waals surface area contributed by atoms with Crippen LogP contribution in [0.1, 0.15) is 18.4 Å². The molecule has 1 N–H and O–H groups in total. The summed E-state index contributed by atoms with van der Waals surface area (Å²) in [5, 5.41) is 2.99. The molecule has 0 unspecified atom stereocenters. The monoisotopic (exact) mass is 328 g/mol. The highest BCUT2D eigenvalue weighted by Crippen LogP contribution is 2.20. The number of nitrogens with zero attached hydrogens (tertiary/aromatic N) is 3. The van der Waals surface area contributed by atoms with Gasteiger partial charge in [-0.05, 0) is 36.5 Å². The molecule has 126 valence electrons. The maximum absolute atomic E-state index is 12.9. The second-order valence-corrected chi connectivity index (χ2v) is 6.10. The number of anilines is 1. The van der Waals surface area contributed by atoms with Crippen LogP contribution in [0.2, 0.25) is 0 Å². The van der Waals surface area contributed by atoms with Crippen LogP contribution in [0.5, 0.6) is 0 Å². The molecule has 0 saturated carbocycles. The van der Waals surface area contributed by atoms with Gasteiger partial charge in [0.1, 0.15) is 11.6 Å². The van der Waals surface area contributed by atoms with E-state index in [-0.39, 0.29) is 11.7 Å². The van der Waals surface area contributed by atoms with E-state index in [1.165, 1.54) is 12.1 Å². The van der Waals surface area contributed by atoms with Gasteiger partial charge in [0.15, 0.2) is 0 Å². The van der Waals surface area contributed by atoms with Crippen molar-refractivity contribution in [1.29, 1.82) is 0 Å². The first-order chi connectivity index (χ1) is 11.7. The van der Waals surface area contributed by atoms with Gasteiger partial charge in [-0.15, -0.1) is 0 Å². The van der Waals surface area contributed by atoms with Crippen LogP contribution in [-0.2, 0) is 11.2 Å². The molecule has 1 aliphatic rings. The maximum atomic E-state index is 12.9. The fraction of sp³-hybridized carbons (Fsp3) is 0.389. The molecular formula is C18H21FN4O. The van der Waals surface area contributed by atoms with Gasteiger partial charge in [0, 0.05) is 32.0 Å². The first-order valence-corrected chi connectivity index (χ1v) is 8.23. The summed E-state index contributed by atoms with van der Waals surface area (Å²) in [7, 11) is 0. The summed E-state index contributed by atoms with van der Waals surface area (Å²) in [4.78, 5) is 22.6. The van der Waals surface area contributed by atoms with Crippen LogP contribution < -0.4 is 10.2 Å². The standard InChI is InChI=1S/C18H21FN4O/c19-16-3-1-14(2-4-16)11-18(24)22-12-15-5-9-23(10-6-15)17-13-20-7-8-21-17/h1-4,7-8,13,15H,5-6,9-12H2,(H,22,24). The van der Waals surface area contributed by atoms with Crippen molar-refractivity contribution in [1.82, 2.24) is 15.3 Å². The van der Waals surface area contributed by atoms with E-state index in [9.17, 15) is 9.18 Å². The Hall–Kier alpha value is -2.50. The fourth-order valence-corrected chi connectivity index (χ4v) is 2.93. The molecule has 1 amide bonds.